The fourth-order valence-corrected chi connectivity index (χ4v) is 13.5. The molecule has 47 heavy (non-hydrogen) atoms. The van der Waals surface area contributed by atoms with Crippen LogP contribution in [0.4, 0.5) is 12.9 Å². The standard InChI is InChI=1S/C14H22O2.C12H19Br.C4H10O.C2H2Cl2.BF3.H2O4S/c1-12-3-10-4-13(2,7-12)9-14(5-10,8-12)6-11(15)16;1-10-3-9-4-11(2,6-10)8-12(13,5-9)7-10;1-3-5-4-2;1-2(3)4;2-1(3)4;1-5(2,3)4/h10H,3-9H2,1-2H3,(H,15,16);9H,3-8H2,1-2H3;3-4H2,1-2H3;1H2;;(H2,1,2,3,4). The lowest BCUT2D eigenvalue weighted by molar-refractivity contribution is -0.164. The molecule has 8 rings (SSSR count). The largest absolute Gasteiger partial charge is 0.762 e. The zero-order valence-electron chi connectivity index (χ0n) is 28.7. The fraction of sp³-hybridized carbons (Fsp3) is 0.906. The molecule has 0 spiro atoms. The summed E-state index contributed by atoms with van der Waals surface area (Å²) in [5, 5.41) is 9.14. The van der Waals surface area contributed by atoms with Gasteiger partial charge >= 0.3 is 23.9 Å². The summed E-state index contributed by atoms with van der Waals surface area (Å²) in [6, 6.07) is 0. The van der Waals surface area contributed by atoms with Gasteiger partial charge in [-0.05, 0) is 130 Å². The number of hydrogen-bond acceptors (Lipinski definition) is 4. The molecule has 4 unspecified atom stereocenters. The Balaban J connectivity index is 0.000000318. The highest BCUT2D eigenvalue weighted by atomic mass is 79.9. The first-order chi connectivity index (χ1) is 21.1. The van der Waals surface area contributed by atoms with Crippen molar-refractivity contribution in [1.82, 2.24) is 0 Å². The van der Waals surface area contributed by atoms with Crippen LogP contribution in [0.2, 0.25) is 0 Å². The van der Waals surface area contributed by atoms with Crippen molar-refractivity contribution in [2.75, 3.05) is 13.2 Å². The van der Waals surface area contributed by atoms with E-state index in [4.69, 9.17) is 50.6 Å². The third-order valence-electron chi connectivity index (χ3n) is 10.2. The maximum Gasteiger partial charge on any atom is 0.762 e. The van der Waals surface area contributed by atoms with Crippen LogP contribution < -0.4 is 0 Å². The van der Waals surface area contributed by atoms with E-state index < -0.39 is 23.9 Å². The Labute approximate surface area is 299 Å². The third kappa shape index (κ3) is 16.7. The lowest BCUT2D eigenvalue weighted by Gasteiger charge is -2.65. The lowest BCUT2D eigenvalue weighted by atomic mass is 9.40. The van der Waals surface area contributed by atoms with Crippen LogP contribution in [-0.4, -0.2) is 53.7 Å². The van der Waals surface area contributed by atoms with E-state index in [0.717, 1.165) is 25.0 Å². The first kappa shape index (κ1) is 45.0. The van der Waals surface area contributed by atoms with Crippen LogP contribution >= 0.6 is 39.1 Å². The second kappa shape index (κ2) is 17.4. The number of carbonyl (C=O) groups is 1. The number of halogens is 6. The quantitative estimate of drug-likeness (QED) is 0.147. The fourth-order valence-electron chi connectivity index (χ4n) is 11.7. The van der Waals surface area contributed by atoms with Crippen LogP contribution in [0.5, 0.6) is 0 Å². The Bertz CT molecular complexity index is 1080. The average molecular weight is 802 g/mol. The van der Waals surface area contributed by atoms with E-state index in [-0.39, 0.29) is 9.91 Å². The minimum Gasteiger partial charge on any atom is -0.481 e. The normalized spacial score (nSPS) is 39.5. The molecule has 0 aromatic heterocycles. The number of hydrogen-bond donors (Lipinski definition) is 3. The maximum atomic E-state index is 11.1. The highest BCUT2D eigenvalue weighted by molar-refractivity contribution is 9.10. The van der Waals surface area contributed by atoms with Gasteiger partial charge in [-0.1, -0.05) is 73.4 Å². The molecule has 4 atom stereocenters. The van der Waals surface area contributed by atoms with Gasteiger partial charge in [0, 0.05) is 17.5 Å². The smallest absolute Gasteiger partial charge is 0.481 e. The SMILES string of the molecule is C=C(Cl)Cl.CC12CC3CC(C)(C1)CC(Br)(C3)C2.CC12CC3CC(C)(C1)CC(CC(=O)O)(C3)C2.CCOCC.FB(F)F.O=S(=O)(O)O. The average Bonchev–Trinajstić information content (AvgIpc) is 2.71. The topological polar surface area (TPSA) is 121 Å². The first-order valence-electron chi connectivity index (χ1n) is 16.2. The van der Waals surface area contributed by atoms with E-state index >= 15 is 0 Å². The molecule has 7 nitrogen and oxygen atoms in total. The summed E-state index contributed by atoms with van der Waals surface area (Å²) < 4.78 is 66.1. The minimum absolute atomic E-state index is 0.111. The van der Waals surface area contributed by atoms with Crippen molar-refractivity contribution >= 4 is 63.0 Å². The summed E-state index contributed by atoms with van der Waals surface area (Å²) in [6.07, 6.45) is 16.8. The lowest BCUT2D eigenvalue weighted by Crippen LogP contribution is -2.55. The van der Waals surface area contributed by atoms with Crippen LogP contribution in [0.15, 0.2) is 11.1 Å². The van der Waals surface area contributed by atoms with Gasteiger partial charge in [-0.3, -0.25) is 26.8 Å². The zero-order chi connectivity index (χ0) is 36.7. The van der Waals surface area contributed by atoms with Crippen molar-refractivity contribution in [3.8, 4) is 0 Å². The van der Waals surface area contributed by atoms with Gasteiger partial charge < -0.3 is 9.84 Å². The van der Waals surface area contributed by atoms with E-state index in [1.165, 1.54) is 77.0 Å². The predicted octanol–water partition coefficient (Wildman–Crippen LogP) is 10.8. The molecule has 0 saturated heterocycles. The van der Waals surface area contributed by atoms with Crippen LogP contribution in [0.3, 0.4) is 0 Å². The van der Waals surface area contributed by atoms with Crippen molar-refractivity contribution in [1.29, 1.82) is 0 Å². The van der Waals surface area contributed by atoms with Crippen molar-refractivity contribution in [3.05, 3.63) is 11.1 Å². The summed E-state index contributed by atoms with van der Waals surface area (Å²) in [5.41, 5.74) is 2.40. The molecule has 8 fully saturated rings. The predicted molar refractivity (Wildman–Crippen MR) is 187 cm³/mol. The van der Waals surface area contributed by atoms with Crippen molar-refractivity contribution in [3.63, 3.8) is 0 Å². The first-order valence-corrected chi connectivity index (χ1v) is 19.2. The Morgan fingerprint density at radius 3 is 1.32 bits per heavy atom. The van der Waals surface area contributed by atoms with Gasteiger partial charge in [0.25, 0.3) is 0 Å². The summed E-state index contributed by atoms with van der Waals surface area (Å²) in [4.78, 5) is 11.1. The number of ether oxygens (including phenoxy) is 1. The van der Waals surface area contributed by atoms with E-state index in [9.17, 15) is 17.7 Å². The molecule has 0 aromatic rings. The Morgan fingerprint density at radius 2 is 1.11 bits per heavy atom. The van der Waals surface area contributed by atoms with Crippen LogP contribution in [0.25, 0.3) is 0 Å². The molecule has 8 bridgehead atoms. The summed E-state index contributed by atoms with van der Waals surface area (Å²) in [7, 11) is -8.33. The molecule has 276 valence electrons. The molecule has 0 aliphatic heterocycles. The van der Waals surface area contributed by atoms with Crippen molar-refractivity contribution in [2.24, 2.45) is 38.9 Å². The van der Waals surface area contributed by atoms with E-state index in [2.05, 4.69) is 50.2 Å². The Hall–Kier alpha value is -0.0451. The molecule has 8 saturated carbocycles. The third-order valence-corrected chi connectivity index (χ3v) is 11.1. The van der Waals surface area contributed by atoms with E-state index in [0.29, 0.717) is 32.4 Å². The van der Waals surface area contributed by atoms with Gasteiger partial charge in [-0.2, -0.15) is 8.42 Å². The number of rotatable bonds is 4. The van der Waals surface area contributed by atoms with Gasteiger partial charge in [-0.25, -0.2) is 0 Å². The van der Waals surface area contributed by atoms with Crippen molar-refractivity contribution in [2.45, 2.75) is 129 Å². The number of carboxylic acid groups (broad SMARTS) is 1. The summed E-state index contributed by atoms with van der Waals surface area (Å²) in [5.74, 6) is 1.25. The van der Waals surface area contributed by atoms with Gasteiger partial charge in [0.15, 0.2) is 0 Å². The van der Waals surface area contributed by atoms with Crippen molar-refractivity contribution < 1.29 is 45.1 Å². The maximum absolute atomic E-state index is 11.1. The van der Waals surface area contributed by atoms with Gasteiger partial charge in [-0.15, -0.1) is 0 Å². The summed E-state index contributed by atoms with van der Waals surface area (Å²) >= 11 is 13.7. The molecule has 0 amide bonds. The highest BCUT2D eigenvalue weighted by Crippen LogP contribution is 2.71. The van der Waals surface area contributed by atoms with Crippen LogP contribution in [0, 0.1) is 38.9 Å². The summed E-state index contributed by atoms with van der Waals surface area (Å²) in [6.45, 7) is 18.6. The monoisotopic (exact) mass is 800 g/mol. The molecule has 0 radical (unpaired) electrons. The second-order valence-electron chi connectivity index (χ2n) is 16.3. The van der Waals surface area contributed by atoms with Gasteiger partial charge in [0.1, 0.15) is 0 Å². The number of alkyl halides is 1. The second-order valence-corrected chi connectivity index (χ2v) is 20.0. The molecular weight excluding hydrogens is 747 g/mol. The number of aliphatic carboxylic acids is 1. The molecule has 15 heteroatoms. The number of carboxylic acids is 1. The zero-order valence-corrected chi connectivity index (χ0v) is 32.6. The highest BCUT2D eigenvalue weighted by Gasteiger charge is 2.61. The Morgan fingerprint density at radius 1 is 0.809 bits per heavy atom. The van der Waals surface area contributed by atoms with E-state index in [1.54, 1.807) is 0 Å². The minimum atomic E-state index is -4.67. The molecule has 0 aromatic carbocycles. The molecule has 8 aliphatic carbocycles. The van der Waals surface area contributed by atoms with E-state index in [1.807, 2.05) is 13.8 Å². The molecule has 0 heterocycles. The Kier molecular flexibility index (Phi) is 16.7. The van der Waals surface area contributed by atoms with Crippen LogP contribution in [-0.2, 0) is 19.9 Å². The molecule has 3 N–H and O–H groups in total. The van der Waals surface area contributed by atoms with Gasteiger partial charge in [0.2, 0.25) is 0 Å². The van der Waals surface area contributed by atoms with Crippen LogP contribution in [0.1, 0.15) is 125 Å². The molecule has 8 aliphatic rings. The molecular formula is C32H55BBrCl2F3O7S. The van der Waals surface area contributed by atoms with Gasteiger partial charge in [0.05, 0.1) is 10.9 Å².